The third-order valence-corrected chi connectivity index (χ3v) is 1.58. The van der Waals surface area contributed by atoms with E-state index in [4.69, 9.17) is 5.11 Å². The van der Waals surface area contributed by atoms with Crippen LogP contribution in [0.3, 0.4) is 0 Å². The molecule has 1 radical (unpaired) electrons. The Kier molecular flexibility index (Phi) is 6.24. The summed E-state index contributed by atoms with van der Waals surface area (Å²) in [5.74, 6) is -0.697. The zero-order chi connectivity index (χ0) is 7.40. The summed E-state index contributed by atoms with van der Waals surface area (Å²) in [6.45, 7) is 0.858. The first-order valence-electron chi connectivity index (χ1n) is 3.74. The molecule has 0 spiro atoms. The van der Waals surface area contributed by atoms with Crippen LogP contribution in [0.1, 0.15) is 25.7 Å². The summed E-state index contributed by atoms with van der Waals surface area (Å²) in [4.78, 5) is 10.0. The molecule has 0 aromatic carbocycles. The van der Waals surface area contributed by atoms with Crippen molar-refractivity contribution >= 4 is 35.5 Å². The predicted molar refractivity (Wildman–Crippen MR) is 43.6 cm³/mol. The Morgan fingerprint density at radius 3 is 2.64 bits per heavy atom. The molecular formula is C7H13NNaO2. The molecule has 0 heterocycles. The van der Waals surface area contributed by atoms with Crippen LogP contribution in [0.2, 0.25) is 0 Å². The van der Waals surface area contributed by atoms with Gasteiger partial charge in [-0.2, -0.15) is 0 Å². The first-order chi connectivity index (χ1) is 4.79. The summed E-state index contributed by atoms with van der Waals surface area (Å²) >= 11 is 0. The number of hydrogen-bond acceptors (Lipinski definition) is 2. The predicted octanol–water partition coefficient (Wildman–Crippen LogP) is 0.222. The number of carboxylic acids is 1. The third kappa shape index (κ3) is 6.81. The summed E-state index contributed by atoms with van der Waals surface area (Å²) in [7, 11) is 0. The van der Waals surface area contributed by atoms with E-state index in [2.05, 4.69) is 5.32 Å². The van der Waals surface area contributed by atoms with Gasteiger partial charge in [0.2, 0.25) is 0 Å². The molecule has 11 heavy (non-hydrogen) atoms. The molecule has 0 aromatic rings. The molecule has 1 saturated carbocycles. The normalized spacial score (nSPS) is 15.6. The maximum Gasteiger partial charge on any atom is 0.303 e. The van der Waals surface area contributed by atoms with Crippen molar-refractivity contribution < 1.29 is 9.90 Å². The largest absolute Gasteiger partial charge is 0.481 e. The van der Waals surface area contributed by atoms with E-state index in [0.717, 1.165) is 13.0 Å². The van der Waals surface area contributed by atoms with Crippen LogP contribution in [-0.2, 0) is 4.79 Å². The first-order valence-corrected chi connectivity index (χ1v) is 3.74. The third-order valence-electron chi connectivity index (χ3n) is 1.58. The zero-order valence-electron chi connectivity index (χ0n) is 6.97. The molecule has 1 aliphatic carbocycles. The second-order valence-corrected chi connectivity index (χ2v) is 2.73. The molecular weight excluding hydrogens is 153 g/mol. The van der Waals surface area contributed by atoms with E-state index in [1.807, 2.05) is 0 Å². The molecule has 1 rings (SSSR count). The average molecular weight is 166 g/mol. The van der Waals surface area contributed by atoms with E-state index in [0.29, 0.717) is 12.5 Å². The van der Waals surface area contributed by atoms with Gasteiger partial charge >= 0.3 is 5.97 Å². The molecule has 0 unspecified atom stereocenters. The van der Waals surface area contributed by atoms with E-state index >= 15 is 0 Å². The van der Waals surface area contributed by atoms with Crippen molar-refractivity contribution in [3.05, 3.63) is 0 Å². The number of hydrogen-bond donors (Lipinski definition) is 2. The fraction of sp³-hybridized carbons (Fsp3) is 0.857. The van der Waals surface area contributed by atoms with Crippen molar-refractivity contribution in [2.45, 2.75) is 31.7 Å². The van der Waals surface area contributed by atoms with Crippen molar-refractivity contribution in [1.29, 1.82) is 0 Å². The summed E-state index contributed by atoms with van der Waals surface area (Å²) in [5.41, 5.74) is 0. The van der Waals surface area contributed by atoms with Gasteiger partial charge in [0.15, 0.2) is 0 Å². The smallest absolute Gasteiger partial charge is 0.303 e. The van der Waals surface area contributed by atoms with Crippen molar-refractivity contribution in [1.82, 2.24) is 5.32 Å². The Morgan fingerprint density at radius 1 is 1.55 bits per heavy atom. The van der Waals surface area contributed by atoms with E-state index in [1.165, 1.54) is 12.8 Å². The summed E-state index contributed by atoms with van der Waals surface area (Å²) in [6, 6.07) is 0.703. The van der Waals surface area contributed by atoms with Crippen molar-refractivity contribution in [2.75, 3.05) is 6.54 Å². The monoisotopic (exact) mass is 166 g/mol. The second-order valence-electron chi connectivity index (χ2n) is 2.73. The Morgan fingerprint density at radius 2 is 2.18 bits per heavy atom. The van der Waals surface area contributed by atoms with Crippen LogP contribution in [0, 0.1) is 0 Å². The molecule has 4 heteroatoms. The fourth-order valence-corrected chi connectivity index (χ4v) is 0.833. The molecule has 0 amide bonds. The van der Waals surface area contributed by atoms with Crippen LogP contribution in [0.15, 0.2) is 0 Å². The van der Waals surface area contributed by atoms with Gasteiger partial charge in [0.1, 0.15) is 0 Å². The number of aliphatic carboxylic acids is 1. The van der Waals surface area contributed by atoms with Crippen molar-refractivity contribution in [2.24, 2.45) is 0 Å². The van der Waals surface area contributed by atoms with Gasteiger partial charge < -0.3 is 10.4 Å². The summed E-state index contributed by atoms with van der Waals surface area (Å²) in [6.07, 6.45) is 3.59. The Balaban J connectivity index is 0.000001000. The van der Waals surface area contributed by atoms with Crippen LogP contribution < -0.4 is 5.32 Å². The number of rotatable bonds is 5. The van der Waals surface area contributed by atoms with Crippen LogP contribution in [0.25, 0.3) is 0 Å². The van der Waals surface area contributed by atoms with Crippen LogP contribution in [0.4, 0.5) is 0 Å². The van der Waals surface area contributed by atoms with Gasteiger partial charge in [-0.3, -0.25) is 4.79 Å². The van der Waals surface area contributed by atoms with Crippen LogP contribution in [0.5, 0.6) is 0 Å². The Bertz CT molecular complexity index is 126. The Hall–Kier alpha value is 0.430. The van der Waals surface area contributed by atoms with Gasteiger partial charge in [0.25, 0.3) is 0 Å². The van der Waals surface area contributed by atoms with Crippen molar-refractivity contribution in [3.8, 4) is 0 Å². The number of nitrogens with one attached hydrogen (secondary N) is 1. The fourth-order valence-electron chi connectivity index (χ4n) is 0.833. The standard InChI is InChI=1S/C7H13NO2.Na/c9-7(10)2-1-5-8-6-3-4-6;/h6,8H,1-5H2,(H,9,10);. The molecule has 1 fully saturated rings. The SMILES string of the molecule is O=C(O)CCCNC1CC1.[Na]. The minimum absolute atomic E-state index is 0. The quantitative estimate of drug-likeness (QED) is 0.454. The topological polar surface area (TPSA) is 49.3 Å². The summed E-state index contributed by atoms with van der Waals surface area (Å²) in [5, 5.41) is 11.5. The van der Waals surface area contributed by atoms with Crippen LogP contribution >= 0.6 is 0 Å². The van der Waals surface area contributed by atoms with E-state index in [1.54, 1.807) is 0 Å². The zero-order valence-corrected chi connectivity index (χ0v) is 8.97. The van der Waals surface area contributed by atoms with Gasteiger partial charge in [-0.25, -0.2) is 0 Å². The van der Waals surface area contributed by atoms with E-state index in [-0.39, 0.29) is 29.6 Å². The molecule has 0 aromatic heterocycles. The first kappa shape index (κ1) is 11.4. The maximum absolute atomic E-state index is 10.0. The second kappa shape index (κ2) is 6.00. The van der Waals surface area contributed by atoms with Gasteiger partial charge in [-0.15, -0.1) is 0 Å². The molecule has 0 saturated heterocycles. The van der Waals surface area contributed by atoms with Gasteiger partial charge in [-0.05, 0) is 25.8 Å². The van der Waals surface area contributed by atoms with Crippen molar-refractivity contribution in [3.63, 3.8) is 0 Å². The molecule has 3 nitrogen and oxygen atoms in total. The molecule has 59 valence electrons. The van der Waals surface area contributed by atoms with Gasteiger partial charge in [0, 0.05) is 42.0 Å². The summed E-state index contributed by atoms with van der Waals surface area (Å²) < 4.78 is 0. The number of carbonyl (C=O) groups is 1. The minimum Gasteiger partial charge on any atom is -0.481 e. The molecule has 2 N–H and O–H groups in total. The average Bonchev–Trinajstić information content (AvgIpc) is 2.62. The maximum atomic E-state index is 10.0. The van der Waals surface area contributed by atoms with E-state index in [9.17, 15) is 4.79 Å². The molecule has 1 aliphatic rings. The molecule has 0 atom stereocenters. The van der Waals surface area contributed by atoms with Crippen LogP contribution in [-0.4, -0.2) is 53.2 Å². The van der Waals surface area contributed by atoms with E-state index < -0.39 is 5.97 Å². The van der Waals surface area contributed by atoms with Gasteiger partial charge in [0.05, 0.1) is 0 Å². The minimum atomic E-state index is -0.697. The Labute approximate surface area is 88.8 Å². The molecule has 0 bridgehead atoms. The molecule has 0 aliphatic heterocycles. The van der Waals surface area contributed by atoms with Gasteiger partial charge in [-0.1, -0.05) is 0 Å². The number of carboxylic acid groups (broad SMARTS) is 1.